The van der Waals surface area contributed by atoms with Gasteiger partial charge in [-0.2, -0.15) is 0 Å². The van der Waals surface area contributed by atoms with Crippen molar-refractivity contribution in [3.05, 3.63) is 29.3 Å². The summed E-state index contributed by atoms with van der Waals surface area (Å²) in [6.07, 6.45) is 0. The lowest BCUT2D eigenvalue weighted by atomic mass is 10.1. The van der Waals surface area contributed by atoms with Gasteiger partial charge in [-0.05, 0) is 38.2 Å². The van der Waals surface area contributed by atoms with Gasteiger partial charge in [0.05, 0.1) is 0 Å². The van der Waals surface area contributed by atoms with Crippen molar-refractivity contribution in [2.75, 3.05) is 32.4 Å². The zero-order chi connectivity index (χ0) is 12.8. The molecule has 0 aliphatic carbocycles. The molecule has 4 heteroatoms. The van der Waals surface area contributed by atoms with Gasteiger partial charge in [-0.1, -0.05) is 13.0 Å². The van der Waals surface area contributed by atoms with Gasteiger partial charge in [-0.15, -0.1) is 0 Å². The molecule has 0 saturated carbocycles. The van der Waals surface area contributed by atoms with Crippen molar-refractivity contribution < 1.29 is 4.79 Å². The van der Waals surface area contributed by atoms with Crippen molar-refractivity contribution in [3.8, 4) is 0 Å². The van der Waals surface area contributed by atoms with Crippen molar-refractivity contribution in [1.82, 2.24) is 10.2 Å². The third kappa shape index (κ3) is 4.07. The summed E-state index contributed by atoms with van der Waals surface area (Å²) in [7, 11) is 2.02. The first-order chi connectivity index (χ1) is 8.04. The van der Waals surface area contributed by atoms with Crippen LogP contribution in [0.1, 0.15) is 22.8 Å². The van der Waals surface area contributed by atoms with Crippen LogP contribution in [0.3, 0.4) is 0 Å². The van der Waals surface area contributed by atoms with Gasteiger partial charge in [-0.3, -0.25) is 4.79 Å². The largest absolute Gasteiger partial charge is 0.398 e. The molecule has 1 amide bonds. The fourth-order valence-electron chi connectivity index (χ4n) is 1.40. The monoisotopic (exact) mass is 235 g/mol. The summed E-state index contributed by atoms with van der Waals surface area (Å²) in [5.74, 6) is -0.0683. The highest BCUT2D eigenvalue weighted by Crippen LogP contribution is 2.12. The second-order valence-corrected chi connectivity index (χ2v) is 4.22. The van der Waals surface area contributed by atoms with Gasteiger partial charge in [0.1, 0.15) is 0 Å². The van der Waals surface area contributed by atoms with E-state index in [1.54, 1.807) is 12.1 Å². The Kier molecular flexibility index (Phi) is 4.97. The minimum absolute atomic E-state index is 0.0683. The van der Waals surface area contributed by atoms with Gasteiger partial charge < -0.3 is 16.0 Å². The van der Waals surface area contributed by atoms with E-state index in [0.717, 1.165) is 18.7 Å². The first-order valence-electron chi connectivity index (χ1n) is 5.87. The molecular weight excluding hydrogens is 214 g/mol. The highest BCUT2D eigenvalue weighted by molar-refractivity contribution is 5.95. The highest BCUT2D eigenvalue weighted by Gasteiger charge is 2.06. The Bertz CT molecular complexity index is 390. The number of rotatable bonds is 5. The Morgan fingerprint density at radius 1 is 1.47 bits per heavy atom. The summed E-state index contributed by atoms with van der Waals surface area (Å²) in [4.78, 5) is 13.9. The molecule has 0 fully saturated rings. The Morgan fingerprint density at radius 3 is 2.76 bits per heavy atom. The van der Waals surface area contributed by atoms with Crippen molar-refractivity contribution in [3.63, 3.8) is 0 Å². The van der Waals surface area contributed by atoms with E-state index in [1.807, 2.05) is 20.0 Å². The molecule has 0 unspecified atom stereocenters. The third-order valence-electron chi connectivity index (χ3n) is 2.86. The van der Waals surface area contributed by atoms with Crippen LogP contribution < -0.4 is 11.1 Å². The SMILES string of the molecule is CCN(C)CCNC(=O)c1ccc(C)c(N)c1. The molecule has 17 heavy (non-hydrogen) atoms. The summed E-state index contributed by atoms with van der Waals surface area (Å²) in [5, 5.41) is 2.87. The Hall–Kier alpha value is -1.55. The second-order valence-electron chi connectivity index (χ2n) is 4.22. The second kappa shape index (κ2) is 6.25. The number of amides is 1. The average Bonchev–Trinajstić information content (AvgIpc) is 2.32. The normalized spacial score (nSPS) is 10.6. The lowest BCUT2D eigenvalue weighted by Crippen LogP contribution is -2.32. The van der Waals surface area contributed by atoms with Gasteiger partial charge in [0.2, 0.25) is 0 Å². The summed E-state index contributed by atoms with van der Waals surface area (Å²) in [5.41, 5.74) is 8.04. The molecular formula is C13H21N3O. The van der Waals surface area contributed by atoms with E-state index in [1.165, 1.54) is 0 Å². The topological polar surface area (TPSA) is 58.4 Å². The van der Waals surface area contributed by atoms with Gasteiger partial charge in [0.25, 0.3) is 5.91 Å². The van der Waals surface area contributed by atoms with Crippen LogP contribution in [0, 0.1) is 6.92 Å². The van der Waals surface area contributed by atoms with Crippen LogP contribution in [0.25, 0.3) is 0 Å². The minimum atomic E-state index is -0.0683. The van der Waals surface area contributed by atoms with Crippen LogP contribution in [-0.4, -0.2) is 37.5 Å². The molecule has 3 N–H and O–H groups in total. The maximum absolute atomic E-state index is 11.8. The smallest absolute Gasteiger partial charge is 0.251 e. The van der Waals surface area contributed by atoms with E-state index in [4.69, 9.17) is 5.73 Å². The average molecular weight is 235 g/mol. The van der Waals surface area contributed by atoms with E-state index >= 15 is 0 Å². The molecule has 94 valence electrons. The zero-order valence-corrected chi connectivity index (χ0v) is 10.8. The molecule has 0 aromatic heterocycles. The van der Waals surface area contributed by atoms with Gasteiger partial charge in [0, 0.05) is 24.3 Å². The molecule has 1 rings (SSSR count). The fourth-order valence-corrected chi connectivity index (χ4v) is 1.40. The van der Waals surface area contributed by atoms with Gasteiger partial charge in [-0.25, -0.2) is 0 Å². The molecule has 0 radical (unpaired) electrons. The molecule has 0 aliphatic rings. The number of nitrogens with two attached hydrogens (primary N) is 1. The standard InChI is InChI=1S/C13H21N3O/c1-4-16(3)8-7-15-13(17)11-6-5-10(2)12(14)9-11/h5-6,9H,4,7-8,14H2,1-3H3,(H,15,17). The van der Waals surface area contributed by atoms with Crippen LogP contribution in [-0.2, 0) is 0 Å². The Labute approximate surface area is 103 Å². The summed E-state index contributed by atoms with van der Waals surface area (Å²) < 4.78 is 0. The third-order valence-corrected chi connectivity index (χ3v) is 2.86. The summed E-state index contributed by atoms with van der Waals surface area (Å²) in [6, 6.07) is 5.38. The molecule has 1 aromatic rings. The number of nitrogens with zero attached hydrogens (tertiary/aromatic N) is 1. The number of carbonyl (C=O) groups is 1. The molecule has 1 aromatic carbocycles. The number of carbonyl (C=O) groups excluding carboxylic acids is 1. The van der Waals surface area contributed by atoms with Crippen LogP contribution in [0.4, 0.5) is 5.69 Å². The molecule has 0 atom stereocenters. The fraction of sp³-hybridized carbons (Fsp3) is 0.462. The number of likely N-dealkylation sites (N-methyl/N-ethyl adjacent to an activating group) is 1. The number of aryl methyl sites for hydroxylation is 1. The number of nitrogens with one attached hydrogen (secondary N) is 1. The predicted octanol–water partition coefficient (Wildman–Crippen LogP) is 1.26. The van der Waals surface area contributed by atoms with Crippen LogP contribution in [0.2, 0.25) is 0 Å². The van der Waals surface area contributed by atoms with Crippen LogP contribution >= 0.6 is 0 Å². The van der Waals surface area contributed by atoms with Crippen molar-refractivity contribution >= 4 is 11.6 Å². The van der Waals surface area contributed by atoms with Crippen molar-refractivity contribution in [1.29, 1.82) is 0 Å². The Morgan fingerprint density at radius 2 is 2.18 bits per heavy atom. The van der Waals surface area contributed by atoms with E-state index in [-0.39, 0.29) is 5.91 Å². The lowest BCUT2D eigenvalue weighted by Gasteiger charge is -2.14. The molecule has 0 saturated heterocycles. The maximum atomic E-state index is 11.8. The number of hydrogen-bond donors (Lipinski definition) is 2. The number of hydrogen-bond acceptors (Lipinski definition) is 3. The molecule has 0 aliphatic heterocycles. The molecule has 4 nitrogen and oxygen atoms in total. The predicted molar refractivity (Wildman–Crippen MR) is 71.1 cm³/mol. The molecule has 0 spiro atoms. The Balaban J connectivity index is 2.50. The first-order valence-corrected chi connectivity index (χ1v) is 5.87. The minimum Gasteiger partial charge on any atom is -0.398 e. The molecule has 0 bridgehead atoms. The summed E-state index contributed by atoms with van der Waals surface area (Å²) >= 11 is 0. The quantitative estimate of drug-likeness (QED) is 0.755. The van der Waals surface area contributed by atoms with Crippen molar-refractivity contribution in [2.45, 2.75) is 13.8 Å². The van der Waals surface area contributed by atoms with Crippen LogP contribution in [0.5, 0.6) is 0 Å². The van der Waals surface area contributed by atoms with E-state index in [0.29, 0.717) is 17.8 Å². The number of nitrogen functional groups attached to an aromatic ring is 1. The molecule has 0 heterocycles. The van der Waals surface area contributed by atoms with E-state index in [9.17, 15) is 4.79 Å². The first kappa shape index (κ1) is 13.5. The van der Waals surface area contributed by atoms with Gasteiger partial charge in [0.15, 0.2) is 0 Å². The highest BCUT2D eigenvalue weighted by atomic mass is 16.1. The summed E-state index contributed by atoms with van der Waals surface area (Å²) in [6.45, 7) is 6.49. The van der Waals surface area contributed by atoms with Gasteiger partial charge >= 0.3 is 0 Å². The van der Waals surface area contributed by atoms with E-state index < -0.39 is 0 Å². The number of anilines is 1. The van der Waals surface area contributed by atoms with Crippen LogP contribution in [0.15, 0.2) is 18.2 Å². The van der Waals surface area contributed by atoms with E-state index in [2.05, 4.69) is 17.1 Å². The number of benzene rings is 1. The maximum Gasteiger partial charge on any atom is 0.251 e. The van der Waals surface area contributed by atoms with Crippen molar-refractivity contribution in [2.24, 2.45) is 0 Å². The zero-order valence-electron chi connectivity index (χ0n) is 10.8. The lowest BCUT2D eigenvalue weighted by molar-refractivity contribution is 0.0950.